The van der Waals surface area contributed by atoms with Crippen LogP contribution in [0.25, 0.3) is 0 Å². The first kappa shape index (κ1) is 10.2. The van der Waals surface area contributed by atoms with Crippen molar-refractivity contribution >= 4 is 12.6 Å². The number of hydrogen-bond acceptors (Lipinski definition) is 2. The molecule has 0 amide bonds. The van der Waals surface area contributed by atoms with Gasteiger partial charge in [-0.15, -0.1) is 25.8 Å². The predicted molar refractivity (Wildman–Crippen MR) is 45.1 cm³/mol. The molecule has 0 bridgehead atoms. The Kier molecular flexibility index (Phi) is 2.75. The van der Waals surface area contributed by atoms with Crippen LogP contribution in [0.4, 0.5) is 13.2 Å². The topological polar surface area (TPSA) is 9.23 Å². The fraction of sp³-hybridized carbons (Fsp3) is 0.250. The maximum Gasteiger partial charge on any atom is 0.573 e. The molecule has 0 aliphatic carbocycles. The molecule has 72 valence electrons. The van der Waals surface area contributed by atoms with Gasteiger partial charge < -0.3 is 4.74 Å². The number of aryl methyl sites for hydroxylation is 1. The van der Waals surface area contributed by atoms with E-state index in [0.29, 0.717) is 4.90 Å². The highest BCUT2D eigenvalue weighted by Crippen LogP contribution is 2.26. The van der Waals surface area contributed by atoms with Gasteiger partial charge in [0.1, 0.15) is 5.75 Å². The van der Waals surface area contributed by atoms with E-state index in [4.69, 9.17) is 0 Å². The molecule has 0 heterocycles. The lowest BCUT2D eigenvalue weighted by Crippen LogP contribution is -2.17. The zero-order chi connectivity index (χ0) is 10.1. The smallest absolute Gasteiger partial charge is 0.406 e. The summed E-state index contributed by atoms with van der Waals surface area (Å²) in [6.45, 7) is 1.75. The van der Waals surface area contributed by atoms with Crippen molar-refractivity contribution in [2.24, 2.45) is 0 Å². The Hall–Kier alpha value is -0.840. The Morgan fingerprint density at radius 3 is 2.38 bits per heavy atom. The highest BCUT2D eigenvalue weighted by molar-refractivity contribution is 7.80. The minimum absolute atomic E-state index is 0.247. The summed E-state index contributed by atoms with van der Waals surface area (Å²) in [4.78, 5) is 0.474. The molecule has 0 spiro atoms. The van der Waals surface area contributed by atoms with E-state index in [1.165, 1.54) is 18.2 Å². The predicted octanol–water partition coefficient (Wildman–Crippen LogP) is 3.18. The molecule has 1 aromatic carbocycles. The molecule has 0 aromatic heterocycles. The van der Waals surface area contributed by atoms with Gasteiger partial charge in [0.2, 0.25) is 0 Å². The Balaban J connectivity index is 2.86. The van der Waals surface area contributed by atoms with Gasteiger partial charge in [-0.1, -0.05) is 6.07 Å². The zero-order valence-corrected chi connectivity index (χ0v) is 7.62. The summed E-state index contributed by atoms with van der Waals surface area (Å²) >= 11 is 3.97. The lowest BCUT2D eigenvalue weighted by Gasteiger charge is -2.09. The Bertz CT molecular complexity index is 309. The van der Waals surface area contributed by atoms with Crippen molar-refractivity contribution in [1.29, 1.82) is 0 Å². The summed E-state index contributed by atoms with van der Waals surface area (Å²) < 4.78 is 38.9. The molecule has 13 heavy (non-hydrogen) atoms. The average Bonchev–Trinajstić information content (AvgIpc) is 1.94. The van der Waals surface area contributed by atoms with Crippen molar-refractivity contribution in [3.8, 4) is 5.75 Å². The number of ether oxygens (including phenoxy) is 1. The SMILES string of the molecule is Cc1ccc(OC(F)(F)F)cc1S. The van der Waals surface area contributed by atoms with Crippen molar-refractivity contribution in [2.45, 2.75) is 18.2 Å². The van der Waals surface area contributed by atoms with E-state index in [9.17, 15) is 13.2 Å². The molecule has 0 fully saturated rings. The first-order chi connectivity index (χ1) is 5.88. The second-order valence-corrected chi connectivity index (χ2v) is 2.98. The number of halogens is 3. The van der Waals surface area contributed by atoms with Gasteiger partial charge in [-0.3, -0.25) is 0 Å². The molecule has 0 saturated heterocycles. The molecule has 1 rings (SSSR count). The van der Waals surface area contributed by atoms with E-state index in [-0.39, 0.29) is 5.75 Å². The standard InChI is InChI=1S/C8H7F3OS/c1-5-2-3-6(4-7(5)13)12-8(9,10)11/h2-4,13H,1H3. The summed E-state index contributed by atoms with van der Waals surface area (Å²) in [6, 6.07) is 4.00. The summed E-state index contributed by atoms with van der Waals surface area (Å²) in [7, 11) is 0. The van der Waals surface area contributed by atoms with Gasteiger partial charge in [-0.2, -0.15) is 0 Å². The van der Waals surface area contributed by atoms with Gasteiger partial charge in [0.05, 0.1) is 0 Å². The highest BCUT2D eigenvalue weighted by atomic mass is 32.1. The van der Waals surface area contributed by atoms with Gasteiger partial charge in [-0.05, 0) is 24.6 Å². The van der Waals surface area contributed by atoms with Crippen LogP contribution in [-0.2, 0) is 0 Å². The normalized spacial score (nSPS) is 11.5. The molecule has 0 atom stereocenters. The fourth-order valence-electron chi connectivity index (χ4n) is 0.786. The van der Waals surface area contributed by atoms with Gasteiger partial charge in [0, 0.05) is 4.90 Å². The van der Waals surface area contributed by atoms with E-state index < -0.39 is 6.36 Å². The van der Waals surface area contributed by atoms with Crippen LogP contribution in [0.15, 0.2) is 23.1 Å². The van der Waals surface area contributed by atoms with E-state index in [1.807, 2.05) is 0 Å². The molecular formula is C8H7F3OS. The Morgan fingerprint density at radius 1 is 1.31 bits per heavy atom. The van der Waals surface area contributed by atoms with Crippen LogP contribution < -0.4 is 4.74 Å². The van der Waals surface area contributed by atoms with Crippen LogP contribution in [0.1, 0.15) is 5.56 Å². The van der Waals surface area contributed by atoms with Crippen molar-refractivity contribution < 1.29 is 17.9 Å². The maximum atomic E-state index is 11.7. The van der Waals surface area contributed by atoms with Crippen LogP contribution in [0, 0.1) is 6.92 Å². The summed E-state index contributed by atoms with van der Waals surface area (Å²) in [5.41, 5.74) is 0.804. The number of benzene rings is 1. The molecule has 0 N–H and O–H groups in total. The minimum atomic E-state index is -4.64. The number of hydrogen-bond donors (Lipinski definition) is 1. The van der Waals surface area contributed by atoms with Crippen LogP contribution in [0.5, 0.6) is 5.75 Å². The van der Waals surface area contributed by atoms with E-state index >= 15 is 0 Å². The summed E-state index contributed by atoms with van der Waals surface area (Å²) in [5, 5.41) is 0. The molecule has 5 heteroatoms. The van der Waals surface area contributed by atoms with Gasteiger partial charge in [0.15, 0.2) is 0 Å². The monoisotopic (exact) mass is 208 g/mol. The molecule has 1 nitrogen and oxygen atoms in total. The third-order valence-electron chi connectivity index (χ3n) is 1.41. The lowest BCUT2D eigenvalue weighted by atomic mass is 10.2. The zero-order valence-electron chi connectivity index (χ0n) is 6.72. The first-order valence-corrected chi connectivity index (χ1v) is 3.88. The van der Waals surface area contributed by atoms with E-state index in [1.54, 1.807) is 6.92 Å². The van der Waals surface area contributed by atoms with Crippen LogP contribution >= 0.6 is 12.6 Å². The molecule has 1 aromatic rings. The third-order valence-corrected chi connectivity index (χ3v) is 1.90. The second-order valence-electron chi connectivity index (χ2n) is 2.50. The van der Waals surface area contributed by atoms with Crippen LogP contribution in [-0.4, -0.2) is 6.36 Å². The quantitative estimate of drug-likeness (QED) is 0.697. The highest BCUT2D eigenvalue weighted by Gasteiger charge is 2.31. The van der Waals surface area contributed by atoms with Crippen molar-refractivity contribution in [3.05, 3.63) is 23.8 Å². The molecule has 0 saturated carbocycles. The lowest BCUT2D eigenvalue weighted by molar-refractivity contribution is -0.274. The van der Waals surface area contributed by atoms with Crippen molar-refractivity contribution in [1.82, 2.24) is 0 Å². The number of alkyl halides is 3. The molecule has 0 aliphatic heterocycles. The summed E-state index contributed by atoms with van der Waals surface area (Å²) in [5.74, 6) is -0.247. The summed E-state index contributed by atoms with van der Waals surface area (Å²) in [6.07, 6.45) is -4.64. The van der Waals surface area contributed by atoms with Crippen molar-refractivity contribution in [3.63, 3.8) is 0 Å². The van der Waals surface area contributed by atoms with Crippen LogP contribution in [0.3, 0.4) is 0 Å². The fourth-order valence-corrected chi connectivity index (χ4v) is 0.988. The Morgan fingerprint density at radius 2 is 1.92 bits per heavy atom. The van der Waals surface area contributed by atoms with Gasteiger partial charge in [0.25, 0.3) is 0 Å². The van der Waals surface area contributed by atoms with E-state index in [0.717, 1.165) is 5.56 Å². The van der Waals surface area contributed by atoms with Gasteiger partial charge >= 0.3 is 6.36 Å². The number of rotatable bonds is 1. The Labute approximate surface area is 78.9 Å². The largest absolute Gasteiger partial charge is 0.573 e. The third kappa shape index (κ3) is 3.18. The number of thiol groups is 1. The first-order valence-electron chi connectivity index (χ1n) is 3.44. The molecular weight excluding hydrogens is 201 g/mol. The van der Waals surface area contributed by atoms with Crippen molar-refractivity contribution in [2.75, 3.05) is 0 Å². The van der Waals surface area contributed by atoms with Gasteiger partial charge in [-0.25, -0.2) is 0 Å². The molecule has 0 aliphatic rings. The van der Waals surface area contributed by atoms with Crippen LogP contribution in [0.2, 0.25) is 0 Å². The van der Waals surface area contributed by atoms with E-state index in [2.05, 4.69) is 17.4 Å². The minimum Gasteiger partial charge on any atom is -0.406 e. The average molecular weight is 208 g/mol. The second kappa shape index (κ2) is 3.49. The maximum absolute atomic E-state index is 11.7. The molecule has 0 unspecified atom stereocenters. The molecule has 0 radical (unpaired) electrons.